The van der Waals surface area contributed by atoms with Crippen LogP contribution in [0.5, 0.6) is 0 Å². The van der Waals surface area contributed by atoms with Gasteiger partial charge in [0, 0.05) is 17.3 Å². The molecule has 2 heterocycles. The first kappa shape index (κ1) is 10.5. The molecule has 0 aliphatic carbocycles. The summed E-state index contributed by atoms with van der Waals surface area (Å²) in [6.45, 7) is 0. The van der Waals surface area contributed by atoms with Gasteiger partial charge in [0.2, 0.25) is 0 Å². The molecule has 0 spiro atoms. The summed E-state index contributed by atoms with van der Waals surface area (Å²) in [6, 6.07) is 11.1. The summed E-state index contributed by atoms with van der Waals surface area (Å²) in [5, 5.41) is 0. The van der Waals surface area contributed by atoms with Gasteiger partial charge < -0.3 is 4.74 Å². The molecule has 1 aromatic heterocycles. The molecule has 1 aromatic carbocycles. The van der Waals surface area contributed by atoms with Gasteiger partial charge in [-0.15, -0.1) is 0 Å². The van der Waals surface area contributed by atoms with Crippen LogP contribution >= 0.6 is 15.9 Å². The Balaban J connectivity index is 2.14. The third kappa shape index (κ3) is 1.65. The Hall–Kier alpha value is -1.68. The monoisotopic (exact) mass is 289 g/mol. The van der Waals surface area contributed by atoms with Crippen LogP contribution in [0.15, 0.2) is 47.2 Å². The second kappa shape index (κ2) is 3.96. The van der Waals surface area contributed by atoms with Crippen LogP contribution in [0.1, 0.15) is 27.6 Å². The van der Waals surface area contributed by atoms with Crippen molar-refractivity contribution in [3.8, 4) is 0 Å². The summed E-state index contributed by atoms with van der Waals surface area (Å²) in [5.41, 5.74) is 2.39. The number of carbonyl (C=O) groups is 1. The first-order chi connectivity index (χ1) is 8.27. The molecule has 1 atom stereocenters. The standard InChI is InChI=1S/C13H8BrNO2/c14-12-10(6-3-7-15-12)11-8-4-1-2-5-9(8)13(16)17-11/h1-7,11H/t11-/m0/s1. The number of cyclic esters (lactones) is 1. The van der Waals surface area contributed by atoms with Crippen molar-refractivity contribution < 1.29 is 9.53 Å². The van der Waals surface area contributed by atoms with Crippen LogP contribution < -0.4 is 0 Å². The highest BCUT2D eigenvalue weighted by atomic mass is 79.9. The number of pyridine rings is 1. The predicted octanol–water partition coefficient (Wildman–Crippen LogP) is 3.10. The van der Waals surface area contributed by atoms with Gasteiger partial charge in [0.1, 0.15) is 4.60 Å². The van der Waals surface area contributed by atoms with E-state index in [1.807, 2.05) is 30.3 Å². The average molecular weight is 290 g/mol. The molecule has 0 amide bonds. The fourth-order valence-corrected chi connectivity index (χ4v) is 2.43. The zero-order valence-corrected chi connectivity index (χ0v) is 10.3. The number of hydrogen-bond donors (Lipinski definition) is 0. The van der Waals surface area contributed by atoms with Crippen molar-refractivity contribution in [2.45, 2.75) is 6.10 Å². The molecule has 0 fully saturated rings. The molecule has 0 N–H and O–H groups in total. The molecule has 3 nitrogen and oxygen atoms in total. The normalized spacial score (nSPS) is 17.7. The molecule has 2 aromatic rings. The number of halogens is 1. The lowest BCUT2D eigenvalue weighted by molar-refractivity contribution is 0.0454. The largest absolute Gasteiger partial charge is 0.449 e. The maximum Gasteiger partial charge on any atom is 0.339 e. The van der Waals surface area contributed by atoms with Gasteiger partial charge in [0.05, 0.1) is 5.56 Å². The summed E-state index contributed by atoms with van der Waals surface area (Å²) in [6.07, 6.45) is 1.33. The Morgan fingerprint density at radius 2 is 1.88 bits per heavy atom. The van der Waals surface area contributed by atoms with Crippen LogP contribution in [0.25, 0.3) is 0 Å². The minimum Gasteiger partial charge on any atom is -0.449 e. The van der Waals surface area contributed by atoms with Gasteiger partial charge in [-0.2, -0.15) is 0 Å². The lowest BCUT2D eigenvalue weighted by Gasteiger charge is -2.11. The summed E-state index contributed by atoms with van der Waals surface area (Å²) in [4.78, 5) is 15.8. The fourth-order valence-electron chi connectivity index (χ4n) is 1.97. The molecular weight excluding hydrogens is 282 g/mol. The zero-order valence-electron chi connectivity index (χ0n) is 8.76. The van der Waals surface area contributed by atoms with Crippen molar-refractivity contribution in [3.63, 3.8) is 0 Å². The maximum atomic E-state index is 11.7. The lowest BCUT2D eigenvalue weighted by Crippen LogP contribution is -2.02. The van der Waals surface area contributed by atoms with E-state index in [1.165, 1.54) is 0 Å². The minimum atomic E-state index is -0.359. The highest BCUT2D eigenvalue weighted by Gasteiger charge is 2.32. The molecule has 3 rings (SSSR count). The van der Waals surface area contributed by atoms with E-state index in [2.05, 4.69) is 20.9 Å². The fraction of sp³-hybridized carbons (Fsp3) is 0.0769. The number of carbonyl (C=O) groups excluding carboxylic acids is 1. The van der Waals surface area contributed by atoms with Crippen molar-refractivity contribution in [3.05, 3.63) is 63.9 Å². The Bertz CT molecular complexity index is 597. The molecule has 0 saturated heterocycles. The zero-order chi connectivity index (χ0) is 11.8. The smallest absolute Gasteiger partial charge is 0.339 e. The van der Waals surface area contributed by atoms with Crippen molar-refractivity contribution >= 4 is 21.9 Å². The molecule has 0 saturated carbocycles. The summed E-state index contributed by atoms with van der Waals surface area (Å²) in [7, 11) is 0. The van der Waals surface area contributed by atoms with E-state index in [9.17, 15) is 4.79 Å². The van der Waals surface area contributed by atoms with Gasteiger partial charge in [-0.1, -0.05) is 24.3 Å². The van der Waals surface area contributed by atoms with Crippen LogP contribution in [-0.4, -0.2) is 11.0 Å². The molecule has 0 radical (unpaired) electrons. The van der Waals surface area contributed by atoms with Crippen LogP contribution in [0.2, 0.25) is 0 Å². The number of ether oxygens (including phenoxy) is 1. The van der Waals surface area contributed by atoms with Gasteiger partial charge in [0.25, 0.3) is 0 Å². The Morgan fingerprint density at radius 1 is 1.12 bits per heavy atom. The molecule has 84 valence electrons. The van der Waals surface area contributed by atoms with Crippen molar-refractivity contribution in [1.82, 2.24) is 4.98 Å². The first-order valence-corrected chi connectivity index (χ1v) is 5.97. The Labute approximate surface area is 107 Å². The van der Waals surface area contributed by atoms with E-state index in [0.717, 1.165) is 11.1 Å². The number of nitrogens with zero attached hydrogens (tertiary/aromatic N) is 1. The quantitative estimate of drug-likeness (QED) is 0.598. The van der Waals surface area contributed by atoms with Gasteiger partial charge in [-0.3, -0.25) is 0 Å². The third-order valence-corrected chi connectivity index (χ3v) is 3.42. The lowest BCUT2D eigenvalue weighted by atomic mass is 10.0. The summed E-state index contributed by atoms with van der Waals surface area (Å²) in [5.74, 6) is -0.277. The number of esters is 1. The van der Waals surface area contributed by atoms with E-state index >= 15 is 0 Å². The van der Waals surface area contributed by atoms with Crippen LogP contribution in [0.4, 0.5) is 0 Å². The van der Waals surface area contributed by atoms with Gasteiger partial charge in [0.15, 0.2) is 6.10 Å². The molecule has 4 heteroatoms. The number of aromatic nitrogens is 1. The van der Waals surface area contributed by atoms with Gasteiger partial charge in [-0.05, 0) is 28.1 Å². The third-order valence-electron chi connectivity index (χ3n) is 2.76. The minimum absolute atomic E-state index is 0.277. The molecular formula is C13H8BrNO2. The second-order valence-electron chi connectivity index (χ2n) is 3.76. The van der Waals surface area contributed by atoms with Crippen LogP contribution in [0, 0.1) is 0 Å². The van der Waals surface area contributed by atoms with E-state index in [0.29, 0.717) is 10.2 Å². The van der Waals surface area contributed by atoms with Crippen molar-refractivity contribution in [2.75, 3.05) is 0 Å². The SMILES string of the molecule is O=C1O[C@H](c2cccnc2Br)c2ccccc21. The predicted molar refractivity (Wildman–Crippen MR) is 65.6 cm³/mol. The summed E-state index contributed by atoms with van der Waals surface area (Å²) >= 11 is 3.38. The highest BCUT2D eigenvalue weighted by Crippen LogP contribution is 2.37. The van der Waals surface area contributed by atoms with E-state index < -0.39 is 0 Å². The average Bonchev–Trinajstić information content (AvgIpc) is 2.68. The van der Waals surface area contributed by atoms with Crippen molar-refractivity contribution in [1.29, 1.82) is 0 Å². The van der Waals surface area contributed by atoms with Gasteiger partial charge in [-0.25, -0.2) is 9.78 Å². The van der Waals surface area contributed by atoms with E-state index in [-0.39, 0.29) is 12.1 Å². The number of rotatable bonds is 1. The highest BCUT2D eigenvalue weighted by molar-refractivity contribution is 9.10. The maximum absolute atomic E-state index is 11.7. The molecule has 1 aliphatic heterocycles. The number of benzene rings is 1. The Kier molecular flexibility index (Phi) is 2.44. The molecule has 0 bridgehead atoms. The van der Waals surface area contributed by atoms with E-state index in [1.54, 1.807) is 12.3 Å². The molecule has 1 aliphatic rings. The van der Waals surface area contributed by atoms with E-state index in [4.69, 9.17) is 4.74 Å². The topological polar surface area (TPSA) is 39.2 Å². The van der Waals surface area contributed by atoms with Crippen LogP contribution in [-0.2, 0) is 4.74 Å². The Morgan fingerprint density at radius 3 is 2.71 bits per heavy atom. The van der Waals surface area contributed by atoms with Crippen molar-refractivity contribution in [2.24, 2.45) is 0 Å². The van der Waals surface area contributed by atoms with Crippen LogP contribution in [0.3, 0.4) is 0 Å². The summed E-state index contributed by atoms with van der Waals surface area (Å²) < 4.78 is 6.09. The molecule has 17 heavy (non-hydrogen) atoms. The van der Waals surface area contributed by atoms with Gasteiger partial charge >= 0.3 is 5.97 Å². The second-order valence-corrected chi connectivity index (χ2v) is 4.51. The molecule has 0 unspecified atom stereocenters. The number of hydrogen-bond acceptors (Lipinski definition) is 3. The first-order valence-electron chi connectivity index (χ1n) is 5.17. The number of fused-ring (bicyclic) bond motifs is 1.